The fourth-order valence-corrected chi connectivity index (χ4v) is 5.56. The summed E-state index contributed by atoms with van der Waals surface area (Å²) in [7, 11) is 0. The highest BCUT2D eigenvalue weighted by atomic mass is 32.1. The Kier molecular flexibility index (Phi) is 7.20. The van der Waals surface area contributed by atoms with Crippen molar-refractivity contribution in [3.63, 3.8) is 0 Å². The second-order valence-corrected chi connectivity index (χ2v) is 10.6. The van der Waals surface area contributed by atoms with Gasteiger partial charge in [0.05, 0.1) is 5.92 Å². The first kappa shape index (κ1) is 24.8. The zero-order valence-electron chi connectivity index (χ0n) is 20.8. The normalized spacial score (nSPS) is 16.1. The average molecular weight is 497 g/mol. The van der Waals surface area contributed by atoms with Crippen LogP contribution in [0.2, 0.25) is 0 Å². The minimum Gasteiger partial charge on any atom is -0.354 e. The summed E-state index contributed by atoms with van der Waals surface area (Å²) >= 11 is 1.27. The number of thiazole rings is 1. The van der Waals surface area contributed by atoms with E-state index in [4.69, 9.17) is 0 Å². The average Bonchev–Trinajstić information content (AvgIpc) is 3.23. The summed E-state index contributed by atoms with van der Waals surface area (Å²) in [6, 6.07) is 4.12. The van der Waals surface area contributed by atoms with Crippen LogP contribution in [-0.4, -0.2) is 45.5 Å². The monoisotopic (exact) mass is 496 g/mol. The molecule has 0 aliphatic carbocycles. The summed E-state index contributed by atoms with van der Waals surface area (Å²) < 4.78 is 1.72. The molecule has 0 unspecified atom stereocenters. The van der Waals surface area contributed by atoms with Crippen LogP contribution in [0.15, 0.2) is 23.3 Å². The lowest BCUT2D eigenvalue weighted by Gasteiger charge is -2.32. The standard InChI is InChI=1S/C25H32N6O3S/c1-14(2)27-23(33)18-7-6-8-30(11-18)25-29-22-21(35-25)24(34)31(13-26-22)12-19(32)28-20-16(4)9-15(3)10-17(20)5/h9-10,13-14,18H,6-8,11-12H2,1-5H3,(H,27,33)(H,28,32)/t18-/m0/s1. The third-order valence-corrected chi connectivity index (χ3v) is 7.21. The Morgan fingerprint density at radius 3 is 2.60 bits per heavy atom. The number of anilines is 2. The van der Waals surface area contributed by atoms with E-state index in [2.05, 4.69) is 25.5 Å². The number of carbonyl (C=O) groups is 2. The molecule has 1 aromatic carbocycles. The molecule has 2 amide bonds. The number of aryl methyl sites for hydroxylation is 3. The second-order valence-electron chi connectivity index (χ2n) is 9.60. The lowest BCUT2D eigenvalue weighted by Crippen LogP contribution is -2.44. The van der Waals surface area contributed by atoms with Gasteiger partial charge in [-0.1, -0.05) is 29.0 Å². The number of nitrogens with zero attached hydrogens (tertiary/aromatic N) is 4. The molecule has 35 heavy (non-hydrogen) atoms. The Bertz CT molecular complexity index is 1310. The van der Waals surface area contributed by atoms with Crippen molar-refractivity contribution in [1.29, 1.82) is 0 Å². The molecule has 186 valence electrons. The van der Waals surface area contributed by atoms with Gasteiger partial charge < -0.3 is 15.5 Å². The molecule has 1 aliphatic rings. The Hall–Kier alpha value is -3.27. The van der Waals surface area contributed by atoms with Crippen LogP contribution in [0.5, 0.6) is 0 Å². The molecule has 2 N–H and O–H groups in total. The van der Waals surface area contributed by atoms with Crippen molar-refractivity contribution >= 4 is 44.3 Å². The highest BCUT2D eigenvalue weighted by Crippen LogP contribution is 2.29. The number of rotatable bonds is 6. The van der Waals surface area contributed by atoms with Gasteiger partial charge in [-0.05, 0) is 58.6 Å². The van der Waals surface area contributed by atoms with Crippen LogP contribution in [0.3, 0.4) is 0 Å². The van der Waals surface area contributed by atoms with Gasteiger partial charge in [0.1, 0.15) is 17.6 Å². The van der Waals surface area contributed by atoms with Crippen molar-refractivity contribution in [2.75, 3.05) is 23.3 Å². The number of fused-ring (bicyclic) bond motifs is 1. The van der Waals surface area contributed by atoms with Gasteiger partial charge in [-0.3, -0.25) is 19.0 Å². The maximum absolute atomic E-state index is 13.1. The van der Waals surface area contributed by atoms with Gasteiger partial charge in [-0.15, -0.1) is 0 Å². The third kappa shape index (κ3) is 5.53. The predicted octanol–water partition coefficient (Wildman–Crippen LogP) is 3.16. The summed E-state index contributed by atoms with van der Waals surface area (Å²) in [4.78, 5) is 49.3. The molecule has 0 saturated carbocycles. The fourth-order valence-electron chi connectivity index (χ4n) is 4.56. The number of aromatic nitrogens is 3. The quantitative estimate of drug-likeness (QED) is 0.543. The molecular formula is C25H32N6O3S. The van der Waals surface area contributed by atoms with Crippen LogP contribution in [0.4, 0.5) is 10.8 Å². The van der Waals surface area contributed by atoms with Gasteiger partial charge in [0.2, 0.25) is 11.8 Å². The van der Waals surface area contributed by atoms with Gasteiger partial charge in [0.25, 0.3) is 5.56 Å². The van der Waals surface area contributed by atoms with E-state index in [9.17, 15) is 14.4 Å². The highest BCUT2D eigenvalue weighted by Gasteiger charge is 2.28. The van der Waals surface area contributed by atoms with E-state index in [1.165, 1.54) is 22.2 Å². The van der Waals surface area contributed by atoms with Gasteiger partial charge >= 0.3 is 0 Å². The molecule has 1 aliphatic heterocycles. The van der Waals surface area contributed by atoms with Gasteiger partial charge in [-0.2, -0.15) is 4.98 Å². The lowest BCUT2D eigenvalue weighted by molar-refractivity contribution is -0.125. The Morgan fingerprint density at radius 1 is 1.20 bits per heavy atom. The zero-order chi connectivity index (χ0) is 25.3. The maximum Gasteiger partial charge on any atom is 0.273 e. The first-order chi connectivity index (χ1) is 16.6. The number of carbonyl (C=O) groups excluding carboxylic acids is 2. The molecule has 3 heterocycles. The maximum atomic E-state index is 13.1. The lowest BCUT2D eigenvalue weighted by atomic mass is 9.97. The minimum absolute atomic E-state index is 0.0522. The number of hydrogen-bond donors (Lipinski definition) is 2. The van der Waals surface area contributed by atoms with E-state index in [0.717, 1.165) is 41.8 Å². The van der Waals surface area contributed by atoms with E-state index in [0.29, 0.717) is 22.0 Å². The van der Waals surface area contributed by atoms with Crippen molar-refractivity contribution in [1.82, 2.24) is 19.9 Å². The summed E-state index contributed by atoms with van der Waals surface area (Å²) in [5, 5.41) is 6.60. The highest BCUT2D eigenvalue weighted by molar-refractivity contribution is 7.22. The van der Waals surface area contributed by atoms with Crippen molar-refractivity contribution in [3.8, 4) is 0 Å². The van der Waals surface area contributed by atoms with Crippen LogP contribution < -0.4 is 21.1 Å². The van der Waals surface area contributed by atoms with E-state index < -0.39 is 0 Å². The molecule has 2 aromatic heterocycles. The SMILES string of the molecule is Cc1cc(C)c(NC(=O)Cn2cnc3nc(N4CCC[C@H](C(=O)NC(C)C)C4)sc3c2=O)c(C)c1. The number of nitrogens with one attached hydrogen (secondary N) is 2. The predicted molar refractivity (Wildman–Crippen MR) is 139 cm³/mol. The van der Waals surface area contributed by atoms with E-state index in [1.54, 1.807) is 0 Å². The van der Waals surface area contributed by atoms with Gasteiger partial charge in [0, 0.05) is 24.8 Å². The zero-order valence-corrected chi connectivity index (χ0v) is 21.7. The van der Waals surface area contributed by atoms with E-state index in [1.807, 2.05) is 46.8 Å². The van der Waals surface area contributed by atoms with Crippen molar-refractivity contribution in [2.45, 2.75) is 60.0 Å². The molecule has 0 spiro atoms. The van der Waals surface area contributed by atoms with E-state index >= 15 is 0 Å². The van der Waals surface area contributed by atoms with Crippen LogP contribution in [0, 0.1) is 26.7 Å². The van der Waals surface area contributed by atoms with Crippen molar-refractivity contribution < 1.29 is 9.59 Å². The van der Waals surface area contributed by atoms with Crippen LogP contribution in [0.1, 0.15) is 43.4 Å². The molecule has 4 rings (SSSR count). The number of benzene rings is 1. The molecule has 9 nitrogen and oxygen atoms in total. The molecule has 0 radical (unpaired) electrons. The first-order valence-corrected chi connectivity index (χ1v) is 12.7. The van der Waals surface area contributed by atoms with Crippen LogP contribution >= 0.6 is 11.3 Å². The second kappa shape index (κ2) is 10.2. The van der Waals surface area contributed by atoms with E-state index in [-0.39, 0.29) is 35.9 Å². The topological polar surface area (TPSA) is 109 Å². The van der Waals surface area contributed by atoms with Crippen molar-refractivity contribution in [2.24, 2.45) is 5.92 Å². The Morgan fingerprint density at radius 2 is 1.91 bits per heavy atom. The largest absolute Gasteiger partial charge is 0.354 e. The Balaban J connectivity index is 1.51. The first-order valence-electron chi connectivity index (χ1n) is 11.9. The van der Waals surface area contributed by atoms with Crippen LogP contribution in [0.25, 0.3) is 10.3 Å². The fraction of sp³-hybridized carbons (Fsp3) is 0.480. The molecule has 3 aromatic rings. The molecule has 1 atom stereocenters. The minimum atomic E-state index is -0.294. The summed E-state index contributed by atoms with van der Waals surface area (Å²) in [5.41, 5.74) is 3.92. The molecule has 1 fully saturated rings. The molecule has 0 bridgehead atoms. The number of amides is 2. The third-order valence-electron chi connectivity index (χ3n) is 6.12. The van der Waals surface area contributed by atoms with Gasteiger partial charge in [0.15, 0.2) is 10.8 Å². The van der Waals surface area contributed by atoms with Crippen LogP contribution in [-0.2, 0) is 16.1 Å². The molecule has 10 heteroatoms. The summed E-state index contributed by atoms with van der Waals surface area (Å²) in [5.74, 6) is -0.348. The molecular weight excluding hydrogens is 464 g/mol. The number of hydrogen-bond acceptors (Lipinski definition) is 7. The smallest absolute Gasteiger partial charge is 0.273 e. The Labute approximate surface area is 208 Å². The summed E-state index contributed by atoms with van der Waals surface area (Å²) in [6.07, 6.45) is 3.08. The number of piperidine rings is 1. The summed E-state index contributed by atoms with van der Waals surface area (Å²) in [6.45, 7) is 11.0. The van der Waals surface area contributed by atoms with Crippen molar-refractivity contribution in [3.05, 3.63) is 45.5 Å². The molecule has 1 saturated heterocycles. The van der Waals surface area contributed by atoms with Gasteiger partial charge in [-0.25, -0.2) is 4.98 Å².